The van der Waals surface area contributed by atoms with Crippen LogP contribution in [0.25, 0.3) is 0 Å². The quantitative estimate of drug-likeness (QED) is 0.110. The van der Waals surface area contributed by atoms with Gasteiger partial charge in [0.15, 0.2) is 0 Å². The van der Waals surface area contributed by atoms with Gasteiger partial charge in [-0.25, -0.2) is 0 Å². The third kappa shape index (κ3) is 10.5. The Bertz CT molecular complexity index is 881. The SMILES string of the molecule is C=CC(=O)NC1CC(NC2NCC(Cl)C(NC3CCCCC3P(C)(C)=O)N2)C(OC)CC1OC(COC)CN(C)C. The van der Waals surface area contributed by atoms with Gasteiger partial charge < -0.3 is 29.0 Å². The molecule has 3 aliphatic rings. The number of carbonyl (C=O) groups excluding carboxylic acids is 1. The lowest BCUT2D eigenvalue weighted by Crippen LogP contribution is -2.72. The van der Waals surface area contributed by atoms with E-state index in [2.05, 4.69) is 38.1 Å². The summed E-state index contributed by atoms with van der Waals surface area (Å²) in [6.45, 7) is 9.19. The predicted molar refractivity (Wildman–Crippen MR) is 165 cm³/mol. The maximum atomic E-state index is 13.0. The standard InChI is InChI=1S/C28H54ClN6O5P/c1-8-26(36)31-22-13-21(23(39-5)14-24(22)40-18(17-38-4)16-35(2)3)33-28-30-15-19(29)27(34-28)32-20-11-9-10-12-25(20)41(6,7)37/h8,18-25,27-28,30,32-34H,1,9-17H2,2-7H3,(H,31,36). The van der Waals surface area contributed by atoms with Gasteiger partial charge in [0.1, 0.15) is 6.29 Å². The molecule has 1 saturated heterocycles. The molecule has 3 rings (SSSR count). The number of nitrogens with one attached hydrogen (secondary N) is 5. The minimum atomic E-state index is -2.24. The highest BCUT2D eigenvalue weighted by molar-refractivity contribution is 7.63. The highest BCUT2D eigenvalue weighted by Gasteiger charge is 2.42. The number of nitrogens with zero attached hydrogens (tertiary/aromatic N) is 1. The van der Waals surface area contributed by atoms with Gasteiger partial charge in [-0.2, -0.15) is 0 Å². The topological polar surface area (TPSA) is 125 Å². The predicted octanol–water partition coefficient (Wildman–Crippen LogP) is 1.32. The van der Waals surface area contributed by atoms with Crippen molar-refractivity contribution in [1.82, 2.24) is 31.5 Å². The first-order valence-electron chi connectivity index (χ1n) is 14.9. The largest absolute Gasteiger partial charge is 0.382 e. The summed E-state index contributed by atoms with van der Waals surface area (Å²) in [4.78, 5) is 14.5. The second-order valence-electron chi connectivity index (χ2n) is 12.4. The zero-order valence-electron chi connectivity index (χ0n) is 25.7. The molecular formula is C28H54ClN6O5P. The minimum Gasteiger partial charge on any atom is -0.382 e. The van der Waals surface area contributed by atoms with Gasteiger partial charge >= 0.3 is 0 Å². The summed E-state index contributed by atoms with van der Waals surface area (Å²) in [6.07, 6.45) is 5.82. The molecule has 0 aromatic heterocycles. The lowest BCUT2D eigenvalue weighted by molar-refractivity contribution is -0.128. The highest BCUT2D eigenvalue weighted by atomic mass is 35.5. The molecule has 11 nitrogen and oxygen atoms in total. The molecule has 2 saturated carbocycles. The first-order chi connectivity index (χ1) is 19.4. The van der Waals surface area contributed by atoms with Crippen LogP contribution < -0.4 is 26.6 Å². The zero-order valence-corrected chi connectivity index (χ0v) is 27.4. The molecule has 0 bridgehead atoms. The Hall–Kier alpha value is -0.590. The number of hydrogen-bond acceptors (Lipinski definition) is 10. The lowest BCUT2D eigenvalue weighted by Gasteiger charge is -2.46. The number of carbonyl (C=O) groups is 1. The van der Waals surface area contributed by atoms with E-state index in [0.29, 0.717) is 32.5 Å². The van der Waals surface area contributed by atoms with Crippen LogP contribution in [0, 0.1) is 0 Å². The molecule has 1 heterocycles. The summed E-state index contributed by atoms with van der Waals surface area (Å²) in [5.74, 6) is -0.233. The van der Waals surface area contributed by atoms with Crippen LogP contribution in [-0.2, 0) is 23.6 Å². The number of methoxy groups -OCH3 is 2. The normalized spacial score (nSPS) is 35.7. The maximum absolute atomic E-state index is 13.0. The Kier molecular flexibility index (Phi) is 14.0. The first-order valence-corrected chi connectivity index (χ1v) is 18.0. The number of ether oxygens (including phenoxy) is 3. The zero-order chi connectivity index (χ0) is 30.2. The number of amides is 1. The third-order valence-corrected chi connectivity index (χ3v) is 11.1. The molecule has 10 unspecified atom stereocenters. The molecule has 2 aliphatic carbocycles. The summed E-state index contributed by atoms with van der Waals surface area (Å²) in [5, 5.41) is 17.4. The summed E-state index contributed by atoms with van der Waals surface area (Å²) in [5.41, 5.74) is 0.167. The van der Waals surface area contributed by atoms with E-state index < -0.39 is 7.14 Å². The van der Waals surface area contributed by atoms with E-state index in [1.54, 1.807) is 14.2 Å². The second-order valence-corrected chi connectivity index (χ2v) is 16.5. The fourth-order valence-electron chi connectivity index (χ4n) is 6.54. The van der Waals surface area contributed by atoms with Crippen molar-refractivity contribution in [3.8, 4) is 0 Å². The second kappa shape index (κ2) is 16.5. The number of alkyl halides is 1. The minimum absolute atomic E-state index is 0.0730. The molecule has 1 aliphatic heterocycles. The van der Waals surface area contributed by atoms with Crippen molar-refractivity contribution in [2.75, 3.05) is 61.3 Å². The van der Waals surface area contributed by atoms with Gasteiger partial charge in [-0.15, -0.1) is 11.6 Å². The molecule has 0 aromatic rings. The Labute approximate surface area is 251 Å². The monoisotopic (exact) mass is 620 g/mol. The fraction of sp³-hybridized carbons (Fsp3) is 0.893. The van der Waals surface area contributed by atoms with Gasteiger partial charge in [0.2, 0.25) is 5.91 Å². The Balaban J connectivity index is 1.69. The van der Waals surface area contributed by atoms with E-state index in [9.17, 15) is 9.36 Å². The van der Waals surface area contributed by atoms with Crippen LogP contribution in [0.1, 0.15) is 38.5 Å². The molecule has 0 spiro atoms. The molecule has 13 heteroatoms. The van der Waals surface area contributed by atoms with Crippen molar-refractivity contribution in [2.24, 2.45) is 0 Å². The Morgan fingerprint density at radius 2 is 1.85 bits per heavy atom. The lowest BCUT2D eigenvalue weighted by atomic mass is 9.85. The van der Waals surface area contributed by atoms with Crippen molar-refractivity contribution in [2.45, 2.75) is 98.5 Å². The van der Waals surface area contributed by atoms with Crippen LogP contribution in [0.5, 0.6) is 0 Å². The van der Waals surface area contributed by atoms with Gasteiger partial charge in [0.05, 0.1) is 49.6 Å². The van der Waals surface area contributed by atoms with Gasteiger partial charge in [-0.3, -0.25) is 26.1 Å². The smallest absolute Gasteiger partial charge is 0.243 e. The van der Waals surface area contributed by atoms with E-state index in [0.717, 1.165) is 25.7 Å². The molecule has 3 fully saturated rings. The average molecular weight is 621 g/mol. The van der Waals surface area contributed by atoms with Crippen LogP contribution in [0.3, 0.4) is 0 Å². The molecule has 238 valence electrons. The molecule has 10 atom stereocenters. The van der Waals surface area contributed by atoms with E-state index in [1.165, 1.54) is 6.08 Å². The van der Waals surface area contributed by atoms with Crippen LogP contribution in [-0.4, -0.2) is 132 Å². The summed E-state index contributed by atoms with van der Waals surface area (Å²) < 4.78 is 30.9. The average Bonchev–Trinajstić information content (AvgIpc) is 2.91. The molecule has 5 N–H and O–H groups in total. The van der Waals surface area contributed by atoms with Crippen LogP contribution in [0.2, 0.25) is 0 Å². The molecular weight excluding hydrogens is 567 g/mol. The van der Waals surface area contributed by atoms with Gasteiger partial charge in [-0.1, -0.05) is 19.4 Å². The van der Waals surface area contributed by atoms with Crippen LogP contribution in [0.4, 0.5) is 0 Å². The Morgan fingerprint density at radius 3 is 2.49 bits per heavy atom. The molecule has 0 radical (unpaired) electrons. The van der Waals surface area contributed by atoms with Gasteiger partial charge in [0.25, 0.3) is 0 Å². The number of rotatable bonds is 14. The summed E-state index contributed by atoms with van der Waals surface area (Å²) in [7, 11) is 5.13. The van der Waals surface area contributed by atoms with Crippen molar-refractivity contribution in [1.29, 1.82) is 0 Å². The molecule has 41 heavy (non-hydrogen) atoms. The van der Waals surface area contributed by atoms with Crippen LogP contribution in [0.15, 0.2) is 12.7 Å². The highest BCUT2D eigenvalue weighted by Crippen LogP contribution is 2.49. The molecule has 0 aromatic carbocycles. The van der Waals surface area contributed by atoms with Crippen molar-refractivity contribution >= 4 is 24.7 Å². The van der Waals surface area contributed by atoms with Gasteiger partial charge in [-0.05, 0) is 52.8 Å². The van der Waals surface area contributed by atoms with E-state index >= 15 is 0 Å². The van der Waals surface area contributed by atoms with Crippen molar-refractivity contribution in [3.05, 3.63) is 12.7 Å². The van der Waals surface area contributed by atoms with E-state index in [-0.39, 0.29) is 65.8 Å². The van der Waals surface area contributed by atoms with Crippen LogP contribution >= 0.6 is 18.7 Å². The number of hydrogen-bond donors (Lipinski definition) is 5. The third-order valence-electron chi connectivity index (χ3n) is 8.50. The number of halogens is 1. The number of likely N-dealkylation sites (N-methyl/N-ethyl adjacent to an activating group) is 1. The van der Waals surface area contributed by atoms with E-state index in [1.807, 2.05) is 27.4 Å². The van der Waals surface area contributed by atoms with Crippen molar-refractivity contribution < 1.29 is 23.6 Å². The van der Waals surface area contributed by atoms with E-state index in [4.69, 9.17) is 25.8 Å². The molecule has 1 amide bonds. The Morgan fingerprint density at radius 1 is 1.12 bits per heavy atom. The fourth-order valence-corrected chi connectivity index (χ4v) is 8.68. The summed E-state index contributed by atoms with van der Waals surface area (Å²) >= 11 is 6.76. The first kappa shape index (κ1) is 34.9. The van der Waals surface area contributed by atoms with Gasteiger partial charge in [0, 0.05) is 51.5 Å². The summed E-state index contributed by atoms with van der Waals surface area (Å²) in [6, 6.07) is -0.145. The van der Waals surface area contributed by atoms with Crippen molar-refractivity contribution in [3.63, 3.8) is 0 Å². The maximum Gasteiger partial charge on any atom is 0.243 e.